The largest absolute Gasteiger partial charge is 0.493 e. The van der Waals surface area contributed by atoms with E-state index in [1.807, 2.05) is 31.2 Å². The maximum atomic E-state index is 12.5. The standard InChI is InChI=1S/C18H27NO3/c1-3-15(22-17-13-9-8-12-16(17)21-2)18(20)19-14-10-6-4-5-7-11-14/h8-9,12-15H,3-7,10-11H2,1-2H3,(H,19,20)/t15-/m0/s1. The van der Waals surface area contributed by atoms with Crippen LogP contribution in [0.15, 0.2) is 24.3 Å². The minimum Gasteiger partial charge on any atom is -0.493 e. The number of nitrogens with one attached hydrogen (secondary N) is 1. The second-order valence-electron chi connectivity index (χ2n) is 5.86. The smallest absolute Gasteiger partial charge is 0.261 e. The minimum absolute atomic E-state index is 0.0136. The van der Waals surface area contributed by atoms with E-state index in [0.717, 1.165) is 12.8 Å². The van der Waals surface area contributed by atoms with Crippen molar-refractivity contribution in [1.82, 2.24) is 5.32 Å². The molecule has 1 amide bonds. The summed E-state index contributed by atoms with van der Waals surface area (Å²) in [6, 6.07) is 7.74. The van der Waals surface area contributed by atoms with Crippen molar-refractivity contribution in [1.29, 1.82) is 0 Å². The highest BCUT2D eigenvalue weighted by Crippen LogP contribution is 2.27. The Morgan fingerprint density at radius 1 is 1.18 bits per heavy atom. The lowest BCUT2D eigenvalue weighted by Crippen LogP contribution is -2.43. The van der Waals surface area contributed by atoms with E-state index in [1.54, 1.807) is 7.11 Å². The molecule has 2 rings (SSSR count). The Morgan fingerprint density at radius 3 is 2.41 bits per heavy atom. The fraction of sp³-hybridized carbons (Fsp3) is 0.611. The first-order valence-corrected chi connectivity index (χ1v) is 8.34. The second kappa shape index (κ2) is 8.66. The maximum Gasteiger partial charge on any atom is 0.261 e. The Labute approximate surface area is 133 Å². The number of hydrogen-bond acceptors (Lipinski definition) is 3. The van der Waals surface area contributed by atoms with E-state index in [0.29, 0.717) is 24.0 Å². The summed E-state index contributed by atoms with van der Waals surface area (Å²) in [5.74, 6) is 1.26. The van der Waals surface area contributed by atoms with E-state index < -0.39 is 6.10 Å². The molecular formula is C18H27NO3. The van der Waals surface area contributed by atoms with Crippen molar-refractivity contribution < 1.29 is 14.3 Å². The van der Waals surface area contributed by atoms with Crippen molar-refractivity contribution in [2.24, 2.45) is 0 Å². The monoisotopic (exact) mass is 305 g/mol. The van der Waals surface area contributed by atoms with Gasteiger partial charge in [-0.2, -0.15) is 0 Å². The lowest BCUT2D eigenvalue weighted by atomic mass is 10.1. The number of carbonyl (C=O) groups excluding carboxylic acids is 1. The fourth-order valence-electron chi connectivity index (χ4n) is 2.91. The molecule has 1 N–H and O–H groups in total. The normalized spacial score (nSPS) is 17.4. The van der Waals surface area contributed by atoms with Crippen LogP contribution in [-0.2, 0) is 4.79 Å². The summed E-state index contributed by atoms with van der Waals surface area (Å²) in [7, 11) is 1.61. The summed E-state index contributed by atoms with van der Waals surface area (Å²) in [4.78, 5) is 12.5. The number of benzene rings is 1. The lowest BCUT2D eigenvalue weighted by molar-refractivity contribution is -0.129. The maximum absolute atomic E-state index is 12.5. The number of para-hydroxylation sites is 2. The van der Waals surface area contributed by atoms with Gasteiger partial charge in [0.2, 0.25) is 0 Å². The topological polar surface area (TPSA) is 47.6 Å². The minimum atomic E-state index is -0.473. The molecule has 0 aromatic heterocycles. The molecule has 1 saturated carbocycles. The fourth-order valence-corrected chi connectivity index (χ4v) is 2.91. The zero-order valence-electron chi connectivity index (χ0n) is 13.6. The van der Waals surface area contributed by atoms with Gasteiger partial charge in [-0.15, -0.1) is 0 Å². The molecule has 1 aromatic rings. The van der Waals surface area contributed by atoms with Crippen LogP contribution in [-0.4, -0.2) is 25.2 Å². The van der Waals surface area contributed by atoms with Crippen molar-refractivity contribution in [2.75, 3.05) is 7.11 Å². The van der Waals surface area contributed by atoms with Crippen molar-refractivity contribution in [3.8, 4) is 11.5 Å². The molecule has 4 heteroatoms. The van der Waals surface area contributed by atoms with Gasteiger partial charge in [0.05, 0.1) is 7.11 Å². The highest BCUT2D eigenvalue weighted by atomic mass is 16.5. The quantitative estimate of drug-likeness (QED) is 0.815. The van der Waals surface area contributed by atoms with Gasteiger partial charge >= 0.3 is 0 Å². The van der Waals surface area contributed by atoms with Gasteiger partial charge in [-0.25, -0.2) is 0 Å². The van der Waals surface area contributed by atoms with Gasteiger partial charge in [-0.3, -0.25) is 4.79 Å². The summed E-state index contributed by atoms with van der Waals surface area (Å²) in [5.41, 5.74) is 0. The van der Waals surface area contributed by atoms with Gasteiger partial charge < -0.3 is 14.8 Å². The second-order valence-corrected chi connectivity index (χ2v) is 5.86. The molecule has 1 atom stereocenters. The Kier molecular flexibility index (Phi) is 6.56. The Balaban J connectivity index is 1.96. The van der Waals surface area contributed by atoms with Gasteiger partial charge in [0.25, 0.3) is 5.91 Å². The number of amides is 1. The van der Waals surface area contributed by atoms with E-state index in [1.165, 1.54) is 25.7 Å². The van der Waals surface area contributed by atoms with E-state index >= 15 is 0 Å². The van der Waals surface area contributed by atoms with Crippen LogP contribution in [0, 0.1) is 0 Å². The van der Waals surface area contributed by atoms with E-state index in [2.05, 4.69) is 5.32 Å². The van der Waals surface area contributed by atoms with Crippen LogP contribution in [0.25, 0.3) is 0 Å². The van der Waals surface area contributed by atoms with E-state index in [-0.39, 0.29) is 5.91 Å². The first-order chi connectivity index (χ1) is 10.7. The molecule has 1 aliphatic rings. The molecule has 122 valence electrons. The predicted octanol–water partition coefficient (Wildman–Crippen LogP) is 3.69. The van der Waals surface area contributed by atoms with Crippen LogP contribution in [0.3, 0.4) is 0 Å². The summed E-state index contributed by atoms with van der Waals surface area (Å²) >= 11 is 0. The summed E-state index contributed by atoms with van der Waals surface area (Å²) in [5, 5.41) is 3.16. The highest BCUT2D eigenvalue weighted by Gasteiger charge is 2.23. The zero-order valence-corrected chi connectivity index (χ0v) is 13.6. The van der Waals surface area contributed by atoms with Gasteiger partial charge in [-0.05, 0) is 31.4 Å². The molecule has 1 fully saturated rings. The summed E-state index contributed by atoms with van der Waals surface area (Å²) in [6.07, 6.45) is 7.29. The van der Waals surface area contributed by atoms with Crippen LogP contribution in [0.1, 0.15) is 51.9 Å². The first kappa shape index (κ1) is 16.7. The zero-order chi connectivity index (χ0) is 15.8. The molecule has 0 heterocycles. The third kappa shape index (κ3) is 4.65. The molecule has 0 unspecified atom stereocenters. The molecule has 1 aromatic carbocycles. The SMILES string of the molecule is CC[C@H](Oc1ccccc1OC)C(=O)NC1CCCCCC1. The molecule has 0 saturated heterocycles. The number of rotatable bonds is 6. The van der Waals surface area contributed by atoms with Crippen molar-refractivity contribution in [3.05, 3.63) is 24.3 Å². The average molecular weight is 305 g/mol. The molecular weight excluding hydrogens is 278 g/mol. The third-order valence-corrected chi connectivity index (χ3v) is 4.20. The average Bonchev–Trinajstić information content (AvgIpc) is 2.81. The molecule has 0 bridgehead atoms. The van der Waals surface area contributed by atoms with Crippen LogP contribution in [0.5, 0.6) is 11.5 Å². The van der Waals surface area contributed by atoms with Crippen LogP contribution >= 0.6 is 0 Å². The van der Waals surface area contributed by atoms with Crippen molar-refractivity contribution in [2.45, 2.75) is 64.0 Å². The number of ether oxygens (including phenoxy) is 2. The molecule has 0 aliphatic heterocycles. The predicted molar refractivity (Wildman–Crippen MR) is 87.3 cm³/mol. The van der Waals surface area contributed by atoms with Gasteiger partial charge in [0, 0.05) is 6.04 Å². The van der Waals surface area contributed by atoms with Gasteiger partial charge in [0.1, 0.15) is 0 Å². The third-order valence-electron chi connectivity index (χ3n) is 4.20. The first-order valence-electron chi connectivity index (χ1n) is 8.34. The number of hydrogen-bond donors (Lipinski definition) is 1. The number of carbonyl (C=O) groups is 1. The molecule has 1 aliphatic carbocycles. The molecule has 0 radical (unpaired) electrons. The Bertz CT molecular complexity index is 467. The van der Waals surface area contributed by atoms with Crippen LogP contribution in [0.4, 0.5) is 0 Å². The van der Waals surface area contributed by atoms with Crippen molar-refractivity contribution >= 4 is 5.91 Å². The highest BCUT2D eigenvalue weighted by molar-refractivity contribution is 5.81. The summed E-state index contributed by atoms with van der Waals surface area (Å²) < 4.78 is 11.2. The van der Waals surface area contributed by atoms with E-state index in [9.17, 15) is 4.79 Å². The van der Waals surface area contributed by atoms with Crippen molar-refractivity contribution in [3.63, 3.8) is 0 Å². The Hall–Kier alpha value is -1.71. The van der Waals surface area contributed by atoms with E-state index in [4.69, 9.17) is 9.47 Å². The number of methoxy groups -OCH3 is 1. The Morgan fingerprint density at radius 2 is 1.82 bits per heavy atom. The van der Waals surface area contributed by atoms with Gasteiger partial charge in [0.15, 0.2) is 17.6 Å². The molecule has 4 nitrogen and oxygen atoms in total. The molecule has 0 spiro atoms. The lowest BCUT2D eigenvalue weighted by Gasteiger charge is -2.22. The summed E-state index contributed by atoms with van der Waals surface area (Å²) in [6.45, 7) is 1.97. The van der Waals surface area contributed by atoms with Gasteiger partial charge in [-0.1, -0.05) is 44.7 Å². The van der Waals surface area contributed by atoms with Crippen LogP contribution in [0.2, 0.25) is 0 Å². The molecule has 22 heavy (non-hydrogen) atoms. The van der Waals surface area contributed by atoms with Crippen LogP contribution < -0.4 is 14.8 Å².